The quantitative estimate of drug-likeness (QED) is 0.390. The van der Waals surface area contributed by atoms with Gasteiger partial charge < -0.3 is 10.2 Å². The molecule has 0 unspecified atom stereocenters. The topological polar surface area (TPSA) is 58.1 Å². The Morgan fingerprint density at radius 2 is 1.78 bits per heavy atom. The Hall–Kier alpha value is -1.22. The Morgan fingerprint density at radius 1 is 1.04 bits per heavy atom. The predicted molar refractivity (Wildman–Crippen MR) is 124 cm³/mol. The van der Waals surface area contributed by atoms with Gasteiger partial charge in [0, 0.05) is 16.7 Å². The summed E-state index contributed by atoms with van der Waals surface area (Å²) in [7, 11) is 0. The van der Waals surface area contributed by atoms with Crippen LogP contribution in [0.3, 0.4) is 0 Å². The Morgan fingerprint density at radius 3 is 2.48 bits per heavy atom. The van der Waals surface area contributed by atoms with Crippen LogP contribution in [-0.2, 0) is 0 Å². The molecule has 0 fully saturated rings. The molecule has 0 aliphatic heterocycles. The van der Waals surface area contributed by atoms with Crippen molar-refractivity contribution >= 4 is 75.4 Å². The second kappa shape index (κ2) is 10.9. The number of fused-ring (bicyclic) bond motifs is 2. The summed E-state index contributed by atoms with van der Waals surface area (Å²) in [5.74, 6) is -0.100. The van der Waals surface area contributed by atoms with Gasteiger partial charge in [-0.05, 0) is 66.0 Å². The van der Waals surface area contributed by atoms with E-state index >= 15 is 0 Å². The maximum atomic E-state index is 12.6. The minimum Gasteiger partial charge on any atom is -0.351 e. The van der Waals surface area contributed by atoms with Gasteiger partial charge in [-0.15, -0.1) is 24.8 Å². The molecule has 1 heterocycles. The molecule has 146 valence electrons. The highest BCUT2D eigenvalue weighted by Gasteiger charge is 2.13. The largest absolute Gasteiger partial charge is 0.351 e. The van der Waals surface area contributed by atoms with Crippen molar-refractivity contribution in [2.24, 2.45) is 0 Å². The highest BCUT2D eigenvalue weighted by atomic mass is 125. The van der Waals surface area contributed by atoms with Gasteiger partial charge in [-0.3, -0.25) is 4.79 Å². The smallest absolute Gasteiger partial charge is 0.253 e. The van der Waals surface area contributed by atoms with Gasteiger partial charge in [-0.25, -0.2) is 9.97 Å². The standard InChI is InChI=1S/C19H21IN4O.2ClH/c1-3-24(4-2)11-10-21-19(25)14-6-5-7-16-18(14)23-15-9-8-13(20)12-17(15)22-16;;/h5-9,12H,3-4,10-11H2,1-2H3,(H,21,25);2*1H/i20-2;;. The molecule has 0 saturated carbocycles. The zero-order valence-electron chi connectivity index (χ0n) is 15.2. The molecule has 0 atom stereocenters. The predicted octanol–water partition coefficient (Wildman–Crippen LogP) is 4.30. The van der Waals surface area contributed by atoms with Crippen molar-refractivity contribution in [2.45, 2.75) is 13.8 Å². The zero-order valence-corrected chi connectivity index (χ0v) is 19.0. The second-order valence-corrected chi connectivity index (χ2v) is 7.06. The first-order valence-corrected chi connectivity index (χ1v) is 9.56. The summed E-state index contributed by atoms with van der Waals surface area (Å²) in [5.41, 5.74) is 3.61. The molecule has 0 aliphatic rings. The van der Waals surface area contributed by atoms with Gasteiger partial charge in [0.2, 0.25) is 0 Å². The summed E-state index contributed by atoms with van der Waals surface area (Å²) in [6.07, 6.45) is 0. The van der Waals surface area contributed by atoms with Gasteiger partial charge in [-0.1, -0.05) is 19.9 Å². The number of nitrogens with one attached hydrogen (secondary N) is 1. The highest BCUT2D eigenvalue weighted by Crippen LogP contribution is 2.21. The summed E-state index contributed by atoms with van der Waals surface area (Å²) < 4.78 is 1.11. The normalized spacial score (nSPS) is 10.5. The van der Waals surface area contributed by atoms with Gasteiger partial charge in [0.05, 0.1) is 22.1 Å². The van der Waals surface area contributed by atoms with Crippen molar-refractivity contribution in [1.82, 2.24) is 20.2 Å². The van der Waals surface area contributed by atoms with Crippen LogP contribution in [-0.4, -0.2) is 47.0 Å². The Balaban J connectivity index is 0.00000182. The van der Waals surface area contributed by atoms with Gasteiger partial charge in [0.15, 0.2) is 0 Å². The lowest BCUT2D eigenvalue weighted by molar-refractivity contribution is 0.0950. The lowest BCUT2D eigenvalue weighted by Crippen LogP contribution is -2.34. The van der Waals surface area contributed by atoms with Crippen LogP contribution in [0.2, 0.25) is 0 Å². The van der Waals surface area contributed by atoms with Crippen molar-refractivity contribution < 1.29 is 4.79 Å². The molecular formula is C19H23Cl2IN4O. The molecule has 1 amide bonds. The average molecular weight is 519 g/mol. The van der Waals surface area contributed by atoms with E-state index in [0.717, 1.165) is 39.8 Å². The Bertz CT molecular complexity index is 919. The summed E-state index contributed by atoms with van der Waals surface area (Å²) in [5, 5.41) is 3.00. The first-order valence-electron chi connectivity index (χ1n) is 8.49. The van der Waals surface area contributed by atoms with Crippen LogP contribution in [0.4, 0.5) is 0 Å². The molecular weight excluding hydrogens is 496 g/mol. The monoisotopic (exact) mass is 518 g/mol. The Kier molecular flexibility index (Phi) is 9.66. The number of halogens is 3. The van der Waals surface area contributed by atoms with Crippen LogP contribution in [0.25, 0.3) is 22.1 Å². The van der Waals surface area contributed by atoms with E-state index in [9.17, 15) is 4.79 Å². The van der Waals surface area contributed by atoms with Crippen molar-refractivity contribution in [3.05, 3.63) is 45.5 Å². The van der Waals surface area contributed by atoms with Gasteiger partial charge >= 0.3 is 0 Å². The number of rotatable bonds is 6. The maximum absolute atomic E-state index is 12.6. The number of carbonyl (C=O) groups excluding carboxylic acids is 1. The summed E-state index contributed by atoms with van der Waals surface area (Å²) in [6.45, 7) is 7.68. The third-order valence-electron chi connectivity index (χ3n) is 4.28. The molecule has 0 bridgehead atoms. The van der Waals surface area contributed by atoms with Crippen LogP contribution in [0, 0.1) is 3.57 Å². The number of amides is 1. The molecule has 3 rings (SSSR count). The van der Waals surface area contributed by atoms with Gasteiger partial charge in [0.1, 0.15) is 5.52 Å². The third-order valence-corrected chi connectivity index (χ3v) is 4.95. The fourth-order valence-corrected chi connectivity index (χ4v) is 3.29. The van der Waals surface area contributed by atoms with E-state index in [1.54, 1.807) is 0 Å². The van der Waals surface area contributed by atoms with Crippen LogP contribution in [0.5, 0.6) is 0 Å². The summed E-state index contributed by atoms with van der Waals surface area (Å²) in [6, 6.07) is 11.5. The van der Waals surface area contributed by atoms with Crippen LogP contribution < -0.4 is 5.32 Å². The van der Waals surface area contributed by atoms with Crippen molar-refractivity contribution in [2.75, 3.05) is 26.2 Å². The molecule has 27 heavy (non-hydrogen) atoms. The number of likely N-dealkylation sites (N-methyl/N-ethyl adjacent to an activating group) is 1. The van der Waals surface area contributed by atoms with E-state index in [2.05, 4.69) is 56.6 Å². The second-order valence-electron chi connectivity index (χ2n) is 5.81. The zero-order chi connectivity index (χ0) is 17.8. The van der Waals surface area contributed by atoms with Gasteiger partial charge in [0.25, 0.3) is 5.91 Å². The van der Waals surface area contributed by atoms with E-state index < -0.39 is 0 Å². The van der Waals surface area contributed by atoms with Crippen molar-refractivity contribution in [1.29, 1.82) is 0 Å². The fraction of sp³-hybridized carbons (Fsp3) is 0.316. The van der Waals surface area contributed by atoms with Crippen LogP contribution in [0.1, 0.15) is 24.2 Å². The van der Waals surface area contributed by atoms with Crippen LogP contribution >= 0.6 is 47.4 Å². The molecule has 2 aromatic carbocycles. The molecule has 0 aliphatic carbocycles. The molecule has 0 saturated heterocycles. The summed E-state index contributed by atoms with van der Waals surface area (Å²) in [4.78, 5) is 24.2. The molecule has 0 radical (unpaired) electrons. The number of hydrogen-bond acceptors (Lipinski definition) is 4. The summed E-state index contributed by atoms with van der Waals surface area (Å²) >= 11 is 2.26. The van der Waals surface area contributed by atoms with Crippen molar-refractivity contribution in [3.63, 3.8) is 0 Å². The molecule has 0 spiro atoms. The lowest BCUT2D eigenvalue weighted by Gasteiger charge is -2.18. The SMILES string of the molecule is CCN(CC)CCNC(=O)c1cccc2nc3cc([125I])ccc3nc12.Cl.Cl. The van der Waals surface area contributed by atoms with E-state index in [0.29, 0.717) is 17.6 Å². The number of para-hydroxylation sites is 1. The maximum Gasteiger partial charge on any atom is 0.253 e. The molecule has 1 N–H and O–H groups in total. The van der Waals surface area contributed by atoms with Crippen molar-refractivity contribution in [3.8, 4) is 0 Å². The first kappa shape index (κ1) is 23.8. The molecule has 8 heteroatoms. The molecule has 5 nitrogen and oxygen atoms in total. The highest BCUT2D eigenvalue weighted by molar-refractivity contribution is 14.1. The minimum atomic E-state index is -0.100. The van der Waals surface area contributed by atoms with E-state index in [1.807, 2.05) is 36.4 Å². The number of hydrogen-bond donors (Lipinski definition) is 1. The number of aromatic nitrogens is 2. The molecule has 3 aromatic rings. The lowest BCUT2D eigenvalue weighted by atomic mass is 10.1. The number of benzene rings is 2. The van der Waals surface area contributed by atoms with E-state index in [4.69, 9.17) is 0 Å². The molecule has 1 aromatic heterocycles. The van der Waals surface area contributed by atoms with Crippen LogP contribution in [0.15, 0.2) is 36.4 Å². The third kappa shape index (κ3) is 5.63. The number of nitrogens with zero attached hydrogens (tertiary/aromatic N) is 3. The van der Waals surface area contributed by atoms with Gasteiger partial charge in [-0.2, -0.15) is 0 Å². The minimum absolute atomic E-state index is 0. The first-order chi connectivity index (χ1) is 12.1. The Labute approximate surface area is 185 Å². The fourth-order valence-electron chi connectivity index (χ4n) is 2.82. The van der Waals surface area contributed by atoms with E-state index in [-0.39, 0.29) is 30.7 Å². The average Bonchev–Trinajstić information content (AvgIpc) is 2.63. The number of carbonyl (C=O) groups is 1. The van der Waals surface area contributed by atoms with E-state index in [1.165, 1.54) is 0 Å².